The molecule has 0 saturated carbocycles. The number of para-hydroxylation sites is 1. The highest BCUT2D eigenvalue weighted by Crippen LogP contribution is 2.20. The van der Waals surface area contributed by atoms with Crippen LogP contribution in [0.2, 0.25) is 0 Å². The Morgan fingerprint density at radius 3 is 2.45 bits per heavy atom. The molecule has 0 bridgehead atoms. The van der Waals surface area contributed by atoms with Crippen molar-refractivity contribution in [2.24, 2.45) is 0 Å². The van der Waals surface area contributed by atoms with Crippen molar-refractivity contribution in [3.63, 3.8) is 0 Å². The first-order chi connectivity index (χ1) is 16.1. The number of H-pyrrole nitrogens is 1. The summed E-state index contributed by atoms with van der Waals surface area (Å²) in [4.78, 5) is 18.4. The summed E-state index contributed by atoms with van der Waals surface area (Å²) in [5.74, 6) is 0.463. The molecule has 0 aliphatic rings. The first kappa shape index (κ1) is 22.4. The van der Waals surface area contributed by atoms with Crippen LogP contribution in [0.1, 0.15) is 36.5 Å². The molecule has 4 nitrogen and oxygen atoms in total. The van der Waals surface area contributed by atoms with Gasteiger partial charge in [0.2, 0.25) is 0 Å². The third-order valence-electron chi connectivity index (χ3n) is 5.88. The summed E-state index contributed by atoms with van der Waals surface area (Å²) >= 11 is 0. The quantitative estimate of drug-likeness (QED) is 0.304. The number of hydrogen-bond donors (Lipinski definition) is 2. The molecule has 2 N–H and O–H groups in total. The van der Waals surface area contributed by atoms with Gasteiger partial charge in [-0.2, -0.15) is 0 Å². The molecule has 3 aromatic carbocycles. The third kappa shape index (κ3) is 5.92. The Labute approximate surface area is 196 Å². The Bertz CT molecular complexity index is 1210. The van der Waals surface area contributed by atoms with E-state index in [1.807, 2.05) is 59.6 Å². The number of fused-ring (bicyclic) bond motifs is 1. The van der Waals surface area contributed by atoms with Gasteiger partial charge in [0.15, 0.2) is 0 Å². The molecule has 0 atom stereocenters. The number of aromatic amines is 1. The van der Waals surface area contributed by atoms with Gasteiger partial charge in [-0.1, -0.05) is 86.7 Å². The molecule has 1 aromatic heterocycles. The largest absolute Gasteiger partial charge is 0.361 e. The molecule has 0 unspecified atom stereocenters. The SMILES string of the molecule is CC(C)c1ccc(NC(=O)N(C/C=C/c2ccccc2)CCc2c[nH]c3ccccc23)cc1. The molecule has 0 radical (unpaired) electrons. The standard InChI is InChI=1S/C29H31N3O/c1-22(2)24-14-16-26(17-15-24)31-29(33)32(19-8-11-23-9-4-3-5-10-23)20-18-25-21-30-28-13-7-6-12-27(25)28/h3-17,21-22,30H,18-20H2,1-2H3,(H,31,33)/b11-8+. The molecule has 0 aliphatic heterocycles. The number of anilines is 1. The summed E-state index contributed by atoms with van der Waals surface area (Å²) in [5.41, 5.74) is 5.54. The van der Waals surface area contributed by atoms with Gasteiger partial charge in [0.1, 0.15) is 0 Å². The van der Waals surface area contributed by atoms with Gasteiger partial charge < -0.3 is 15.2 Å². The van der Waals surface area contributed by atoms with Crippen molar-refractivity contribution in [3.8, 4) is 0 Å². The van der Waals surface area contributed by atoms with Gasteiger partial charge in [-0.05, 0) is 47.2 Å². The van der Waals surface area contributed by atoms with Crippen LogP contribution in [0, 0.1) is 0 Å². The lowest BCUT2D eigenvalue weighted by Gasteiger charge is -2.22. The number of benzene rings is 3. The van der Waals surface area contributed by atoms with Crippen molar-refractivity contribution in [2.45, 2.75) is 26.2 Å². The minimum absolute atomic E-state index is 0.0927. The number of amides is 2. The van der Waals surface area contributed by atoms with Crippen LogP contribution in [0.3, 0.4) is 0 Å². The van der Waals surface area contributed by atoms with E-state index in [1.165, 1.54) is 16.5 Å². The highest BCUT2D eigenvalue weighted by atomic mass is 16.2. The molecule has 168 valence electrons. The van der Waals surface area contributed by atoms with Crippen molar-refractivity contribution >= 4 is 28.7 Å². The first-order valence-corrected chi connectivity index (χ1v) is 11.5. The summed E-state index contributed by atoms with van der Waals surface area (Å²) < 4.78 is 0. The van der Waals surface area contributed by atoms with Crippen LogP contribution < -0.4 is 5.32 Å². The van der Waals surface area contributed by atoms with E-state index in [9.17, 15) is 4.79 Å². The summed E-state index contributed by atoms with van der Waals surface area (Å²) in [6.07, 6.45) is 6.93. The van der Waals surface area contributed by atoms with E-state index in [2.05, 4.69) is 66.6 Å². The zero-order chi connectivity index (χ0) is 23.0. The molecule has 4 heteroatoms. The highest BCUT2D eigenvalue weighted by Gasteiger charge is 2.14. The Balaban J connectivity index is 1.47. The van der Waals surface area contributed by atoms with E-state index in [-0.39, 0.29) is 6.03 Å². The molecule has 0 saturated heterocycles. The second kappa shape index (κ2) is 10.7. The van der Waals surface area contributed by atoms with Crippen LogP contribution in [-0.4, -0.2) is 29.0 Å². The zero-order valence-corrected chi connectivity index (χ0v) is 19.3. The minimum atomic E-state index is -0.0927. The van der Waals surface area contributed by atoms with Gasteiger partial charge in [0, 0.05) is 35.9 Å². The molecule has 33 heavy (non-hydrogen) atoms. The first-order valence-electron chi connectivity index (χ1n) is 11.5. The van der Waals surface area contributed by atoms with Gasteiger partial charge in [0.25, 0.3) is 0 Å². The van der Waals surface area contributed by atoms with E-state index in [0.29, 0.717) is 19.0 Å². The molecule has 4 rings (SSSR count). The van der Waals surface area contributed by atoms with Crippen LogP contribution in [-0.2, 0) is 6.42 Å². The Hall–Kier alpha value is -3.79. The maximum absolute atomic E-state index is 13.2. The van der Waals surface area contributed by atoms with Crippen molar-refractivity contribution in [3.05, 3.63) is 108 Å². The molecule has 1 heterocycles. The lowest BCUT2D eigenvalue weighted by atomic mass is 10.0. The zero-order valence-electron chi connectivity index (χ0n) is 19.3. The van der Waals surface area contributed by atoms with Crippen LogP contribution in [0.25, 0.3) is 17.0 Å². The van der Waals surface area contributed by atoms with Crippen molar-refractivity contribution in [2.75, 3.05) is 18.4 Å². The number of carbonyl (C=O) groups is 1. The number of urea groups is 1. The lowest BCUT2D eigenvalue weighted by molar-refractivity contribution is 0.218. The van der Waals surface area contributed by atoms with Crippen LogP contribution in [0.15, 0.2) is 91.1 Å². The summed E-state index contributed by atoms with van der Waals surface area (Å²) in [7, 11) is 0. The maximum atomic E-state index is 13.2. The highest BCUT2D eigenvalue weighted by molar-refractivity contribution is 5.89. The van der Waals surface area contributed by atoms with Gasteiger partial charge in [0.05, 0.1) is 0 Å². The minimum Gasteiger partial charge on any atom is -0.361 e. The fourth-order valence-corrected chi connectivity index (χ4v) is 3.90. The topological polar surface area (TPSA) is 48.1 Å². The molecular formula is C29H31N3O. The fraction of sp³-hybridized carbons (Fsp3) is 0.207. The summed E-state index contributed by atoms with van der Waals surface area (Å²) in [5, 5.41) is 4.28. The Morgan fingerprint density at radius 1 is 0.970 bits per heavy atom. The Morgan fingerprint density at radius 2 is 1.70 bits per heavy atom. The van der Waals surface area contributed by atoms with Crippen LogP contribution >= 0.6 is 0 Å². The van der Waals surface area contributed by atoms with Crippen molar-refractivity contribution in [1.29, 1.82) is 0 Å². The van der Waals surface area contributed by atoms with E-state index in [4.69, 9.17) is 0 Å². The molecule has 4 aromatic rings. The van der Waals surface area contributed by atoms with Gasteiger partial charge in [-0.3, -0.25) is 0 Å². The van der Waals surface area contributed by atoms with E-state index in [1.54, 1.807) is 0 Å². The van der Waals surface area contributed by atoms with E-state index in [0.717, 1.165) is 23.2 Å². The number of nitrogens with zero attached hydrogens (tertiary/aromatic N) is 1. The number of rotatable bonds is 8. The Kier molecular flexibility index (Phi) is 7.26. The monoisotopic (exact) mass is 437 g/mol. The number of carbonyl (C=O) groups excluding carboxylic acids is 1. The normalized spacial score (nSPS) is 11.4. The number of hydrogen-bond acceptors (Lipinski definition) is 1. The molecule has 0 spiro atoms. The maximum Gasteiger partial charge on any atom is 0.322 e. The number of aromatic nitrogens is 1. The second-order valence-corrected chi connectivity index (χ2v) is 8.58. The summed E-state index contributed by atoms with van der Waals surface area (Å²) in [6, 6.07) is 26.4. The summed E-state index contributed by atoms with van der Waals surface area (Å²) in [6.45, 7) is 5.49. The van der Waals surface area contributed by atoms with Crippen LogP contribution in [0.5, 0.6) is 0 Å². The predicted molar refractivity (Wildman–Crippen MR) is 139 cm³/mol. The fourth-order valence-electron chi connectivity index (χ4n) is 3.90. The second-order valence-electron chi connectivity index (χ2n) is 8.58. The van der Waals surface area contributed by atoms with E-state index >= 15 is 0 Å². The van der Waals surface area contributed by atoms with Crippen LogP contribution in [0.4, 0.5) is 10.5 Å². The molecule has 0 aliphatic carbocycles. The number of nitrogens with one attached hydrogen (secondary N) is 2. The molecule has 2 amide bonds. The van der Waals surface area contributed by atoms with Crippen molar-refractivity contribution in [1.82, 2.24) is 9.88 Å². The predicted octanol–water partition coefficient (Wildman–Crippen LogP) is 7.08. The van der Waals surface area contributed by atoms with Crippen molar-refractivity contribution < 1.29 is 4.79 Å². The third-order valence-corrected chi connectivity index (χ3v) is 5.88. The smallest absolute Gasteiger partial charge is 0.322 e. The van der Waals surface area contributed by atoms with Gasteiger partial charge in [-0.25, -0.2) is 4.79 Å². The average molecular weight is 438 g/mol. The molecule has 0 fully saturated rings. The lowest BCUT2D eigenvalue weighted by Crippen LogP contribution is -2.36. The average Bonchev–Trinajstić information content (AvgIpc) is 3.25. The molecular weight excluding hydrogens is 406 g/mol. The van der Waals surface area contributed by atoms with E-state index < -0.39 is 0 Å². The van der Waals surface area contributed by atoms with Gasteiger partial charge in [-0.15, -0.1) is 0 Å². The van der Waals surface area contributed by atoms with Gasteiger partial charge >= 0.3 is 6.03 Å².